The maximum Gasteiger partial charge on any atom is 0.426 e. The average molecular weight is 620 g/mol. The van der Waals surface area contributed by atoms with E-state index in [-0.39, 0.29) is 43.1 Å². The summed E-state index contributed by atoms with van der Waals surface area (Å²) in [5.41, 5.74) is -4.90. The van der Waals surface area contributed by atoms with Crippen molar-refractivity contribution < 1.29 is 43.9 Å². The minimum Gasteiger partial charge on any atom is -0.338 e. The Morgan fingerprint density at radius 2 is 1.52 bits per heavy atom. The highest BCUT2D eigenvalue weighted by Crippen LogP contribution is 2.52. The monoisotopic (exact) mass is 619 g/mol. The summed E-state index contributed by atoms with van der Waals surface area (Å²) in [7, 11) is -3.23. The number of carbonyl (C=O) groups excluding carboxylic acids is 1. The van der Waals surface area contributed by atoms with E-state index in [2.05, 4.69) is 0 Å². The zero-order valence-corrected chi connectivity index (χ0v) is 24.0. The number of likely N-dealkylation sites (tertiary alicyclic amines) is 1. The van der Waals surface area contributed by atoms with Crippen molar-refractivity contribution in [2.24, 2.45) is 5.41 Å². The lowest BCUT2D eigenvalue weighted by Gasteiger charge is -2.46. The number of amides is 1. The van der Waals surface area contributed by atoms with Crippen LogP contribution in [0.25, 0.3) is 0 Å². The minimum atomic E-state index is -5.13. The molecule has 2 aromatic carbocycles. The van der Waals surface area contributed by atoms with Crippen molar-refractivity contribution in [2.75, 3.05) is 18.1 Å². The summed E-state index contributed by atoms with van der Waals surface area (Å²) < 4.78 is 119. The highest BCUT2D eigenvalue weighted by atomic mass is 32.2. The quantitative estimate of drug-likeness (QED) is 0.359. The molecule has 2 heterocycles. The van der Waals surface area contributed by atoms with Crippen LogP contribution in [0.15, 0.2) is 42.5 Å². The van der Waals surface area contributed by atoms with Gasteiger partial charge in [-0.1, -0.05) is 37.3 Å². The van der Waals surface area contributed by atoms with Gasteiger partial charge in [0.15, 0.2) is 0 Å². The summed E-state index contributed by atoms with van der Waals surface area (Å²) in [4.78, 5) is 15.7. The third kappa shape index (κ3) is 5.21. The van der Waals surface area contributed by atoms with Gasteiger partial charge in [0.1, 0.15) is 9.84 Å². The Morgan fingerprint density at radius 3 is 2.10 bits per heavy atom. The van der Waals surface area contributed by atoms with Crippen molar-refractivity contribution in [3.05, 3.63) is 70.3 Å². The summed E-state index contributed by atoms with van der Waals surface area (Å²) in [6.07, 6.45) is -8.02. The Labute approximate surface area is 240 Å². The van der Waals surface area contributed by atoms with Gasteiger partial charge in [0.25, 0.3) is 0 Å². The summed E-state index contributed by atoms with van der Waals surface area (Å²) in [5.74, 6) is -0.390. The SMILES string of the molecule is CC1(C(=O)N2CCC3(Cc4ccc(C(F)(F)F)cc4)c4ccc(C(C)(F)C(F)(F)F)cc4CCC23)CCS(=O)(=O)CC1. The fourth-order valence-electron chi connectivity index (χ4n) is 6.99. The van der Waals surface area contributed by atoms with E-state index in [1.54, 1.807) is 11.8 Å². The van der Waals surface area contributed by atoms with E-state index in [0.29, 0.717) is 43.0 Å². The molecule has 0 saturated carbocycles. The molecule has 230 valence electrons. The number of sulfone groups is 1. The number of rotatable bonds is 4. The summed E-state index contributed by atoms with van der Waals surface area (Å²) in [5, 5.41) is 0. The number of aryl methyl sites for hydroxylation is 1. The molecule has 3 atom stereocenters. The molecule has 3 aliphatic rings. The maximum absolute atomic E-state index is 14.9. The van der Waals surface area contributed by atoms with Gasteiger partial charge in [0, 0.05) is 23.4 Å². The summed E-state index contributed by atoms with van der Waals surface area (Å²) in [6, 6.07) is 8.11. The highest BCUT2D eigenvalue weighted by molar-refractivity contribution is 7.91. The van der Waals surface area contributed by atoms with Gasteiger partial charge in [0.2, 0.25) is 11.6 Å². The van der Waals surface area contributed by atoms with E-state index in [4.69, 9.17) is 0 Å². The zero-order chi connectivity index (χ0) is 30.9. The van der Waals surface area contributed by atoms with E-state index in [9.17, 15) is 43.9 Å². The van der Waals surface area contributed by atoms with Crippen molar-refractivity contribution in [3.63, 3.8) is 0 Å². The first kappa shape index (κ1) is 30.8. The normalized spacial score (nSPS) is 26.7. The molecule has 0 radical (unpaired) electrons. The molecule has 1 aliphatic carbocycles. The number of hydrogen-bond donors (Lipinski definition) is 0. The maximum atomic E-state index is 14.9. The van der Waals surface area contributed by atoms with Gasteiger partial charge in [-0.2, -0.15) is 26.3 Å². The molecule has 0 spiro atoms. The lowest BCUT2D eigenvalue weighted by atomic mass is 9.63. The van der Waals surface area contributed by atoms with E-state index in [1.807, 2.05) is 0 Å². The van der Waals surface area contributed by atoms with Gasteiger partial charge >= 0.3 is 12.4 Å². The van der Waals surface area contributed by atoms with Crippen molar-refractivity contribution in [3.8, 4) is 0 Å². The number of halogens is 7. The molecule has 0 aromatic heterocycles. The predicted molar refractivity (Wildman–Crippen MR) is 142 cm³/mol. The number of alkyl halides is 7. The molecule has 1 amide bonds. The molecular weight excluding hydrogens is 587 g/mol. The van der Waals surface area contributed by atoms with Crippen LogP contribution in [0.5, 0.6) is 0 Å². The van der Waals surface area contributed by atoms with E-state index in [1.165, 1.54) is 24.3 Å². The van der Waals surface area contributed by atoms with Gasteiger partial charge in [-0.05, 0) is 79.8 Å². The third-order valence-electron chi connectivity index (χ3n) is 9.72. The molecule has 2 fully saturated rings. The average Bonchev–Trinajstić information content (AvgIpc) is 3.28. The Balaban J connectivity index is 1.55. The lowest BCUT2D eigenvalue weighted by Crippen LogP contribution is -2.53. The smallest absolute Gasteiger partial charge is 0.338 e. The van der Waals surface area contributed by atoms with Crippen molar-refractivity contribution in [1.29, 1.82) is 0 Å². The fraction of sp³-hybridized carbons (Fsp3) is 0.567. The van der Waals surface area contributed by atoms with Crippen LogP contribution in [0.4, 0.5) is 30.7 Å². The van der Waals surface area contributed by atoms with Crippen LogP contribution in [0.3, 0.4) is 0 Å². The van der Waals surface area contributed by atoms with Crippen molar-refractivity contribution in [1.82, 2.24) is 4.90 Å². The lowest BCUT2D eigenvalue weighted by molar-refractivity contribution is -0.228. The Hall–Kier alpha value is -2.63. The first-order valence-corrected chi connectivity index (χ1v) is 15.7. The number of fused-ring (bicyclic) bond motifs is 3. The fourth-order valence-corrected chi connectivity index (χ4v) is 8.72. The Morgan fingerprint density at radius 1 is 0.929 bits per heavy atom. The highest BCUT2D eigenvalue weighted by Gasteiger charge is 2.57. The van der Waals surface area contributed by atoms with Gasteiger partial charge in [0.05, 0.1) is 17.1 Å². The van der Waals surface area contributed by atoms with E-state index in [0.717, 1.165) is 18.2 Å². The zero-order valence-electron chi connectivity index (χ0n) is 23.2. The summed E-state index contributed by atoms with van der Waals surface area (Å²) >= 11 is 0. The van der Waals surface area contributed by atoms with Crippen LogP contribution < -0.4 is 0 Å². The number of carbonyl (C=O) groups is 1. The van der Waals surface area contributed by atoms with E-state index < -0.39 is 55.9 Å². The van der Waals surface area contributed by atoms with Gasteiger partial charge < -0.3 is 4.90 Å². The van der Waals surface area contributed by atoms with Crippen LogP contribution >= 0.6 is 0 Å². The van der Waals surface area contributed by atoms with E-state index >= 15 is 0 Å². The topological polar surface area (TPSA) is 54.5 Å². The number of hydrogen-bond acceptors (Lipinski definition) is 3. The molecule has 2 saturated heterocycles. The second-order valence-electron chi connectivity index (χ2n) is 12.4. The Bertz CT molecular complexity index is 1470. The largest absolute Gasteiger partial charge is 0.426 e. The second-order valence-corrected chi connectivity index (χ2v) is 14.7. The molecule has 5 rings (SSSR count). The van der Waals surface area contributed by atoms with Crippen LogP contribution in [0.1, 0.15) is 67.3 Å². The molecule has 4 nitrogen and oxygen atoms in total. The molecule has 2 aromatic rings. The molecule has 0 N–H and O–H groups in total. The molecule has 2 aliphatic heterocycles. The molecule has 12 heteroatoms. The molecule has 0 bridgehead atoms. The van der Waals surface area contributed by atoms with Gasteiger partial charge in [-0.3, -0.25) is 4.79 Å². The van der Waals surface area contributed by atoms with Crippen LogP contribution in [0.2, 0.25) is 0 Å². The minimum absolute atomic E-state index is 0.0999. The first-order valence-electron chi connectivity index (χ1n) is 13.9. The van der Waals surface area contributed by atoms with Gasteiger partial charge in [-0.25, -0.2) is 12.8 Å². The molecular formula is C30H32F7NO3S. The first-order chi connectivity index (χ1) is 19.3. The molecule has 3 unspecified atom stereocenters. The van der Waals surface area contributed by atoms with Crippen LogP contribution in [0, 0.1) is 5.41 Å². The molecule has 42 heavy (non-hydrogen) atoms. The number of benzene rings is 2. The van der Waals surface area contributed by atoms with Crippen LogP contribution in [-0.4, -0.2) is 49.5 Å². The number of nitrogens with zero attached hydrogens (tertiary/aromatic N) is 1. The standard InChI is InChI=1S/C30H32F7NO3S/c1-26(12-15-42(40,41)16-13-26)25(39)38-14-11-28(18-19-3-6-21(7-4-19)29(32,33)34)23-9-8-22(27(2,31)30(35,36)37)17-20(23)5-10-24(28)38/h3-4,6-9,17,24H,5,10-16,18H2,1-2H3. The van der Waals surface area contributed by atoms with Crippen molar-refractivity contribution in [2.45, 2.75) is 81.9 Å². The Kier molecular flexibility index (Phi) is 7.30. The predicted octanol–water partition coefficient (Wildman–Crippen LogP) is 6.69. The van der Waals surface area contributed by atoms with Crippen LogP contribution in [-0.2, 0) is 44.7 Å². The second kappa shape index (κ2) is 9.95. The summed E-state index contributed by atoms with van der Waals surface area (Å²) in [6.45, 7) is 2.53. The van der Waals surface area contributed by atoms with Gasteiger partial charge in [-0.15, -0.1) is 0 Å². The van der Waals surface area contributed by atoms with Crippen molar-refractivity contribution >= 4 is 15.7 Å². The third-order valence-corrected chi connectivity index (χ3v) is 11.4.